The first kappa shape index (κ1) is 11.8. The third-order valence-electron chi connectivity index (χ3n) is 2.38. The SMILES string of the molecule is CNC(c1cccc(F)c1)c1sccc1Br. The highest BCUT2D eigenvalue weighted by atomic mass is 79.9. The second-order valence-corrected chi connectivity index (χ2v) is 5.21. The fourth-order valence-corrected chi connectivity index (χ4v) is 3.38. The van der Waals surface area contributed by atoms with Crippen LogP contribution in [0.2, 0.25) is 0 Å². The Balaban J connectivity index is 2.40. The molecule has 1 unspecified atom stereocenters. The summed E-state index contributed by atoms with van der Waals surface area (Å²) in [5.41, 5.74) is 0.936. The molecule has 2 aromatic rings. The summed E-state index contributed by atoms with van der Waals surface area (Å²) in [6, 6.07) is 8.72. The number of hydrogen-bond acceptors (Lipinski definition) is 2. The quantitative estimate of drug-likeness (QED) is 0.905. The van der Waals surface area contributed by atoms with Crippen molar-refractivity contribution in [2.75, 3.05) is 7.05 Å². The largest absolute Gasteiger partial charge is 0.309 e. The van der Waals surface area contributed by atoms with E-state index < -0.39 is 0 Å². The zero-order valence-electron chi connectivity index (χ0n) is 8.71. The summed E-state index contributed by atoms with van der Waals surface area (Å²) in [4.78, 5) is 1.16. The molecule has 0 spiro atoms. The van der Waals surface area contributed by atoms with Gasteiger partial charge >= 0.3 is 0 Å². The first-order chi connectivity index (χ1) is 7.72. The molecule has 2 rings (SSSR count). The van der Waals surface area contributed by atoms with Crippen LogP contribution in [-0.2, 0) is 0 Å². The van der Waals surface area contributed by atoms with Crippen molar-refractivity contribution in [2.24, 2.45) is 0 Å². The van der Waals surface area contributed by atoms with E-state index in [9.17, 15) is 4.39 Å². The molecule has 0 saturated carbocycles. The summed E-state index contributed by atoms with van der Waals surface area (Å²) >= 11 is 5.15. The average Bonchev–Trinajstić information content (AvgIpc) is 2.67. The van der Waals surface area contributed by atoms with Crippen LogP contribution in [-0.4, -0.2) is 7.05 Å². The number of thiophene rings is 1. The van der Waals surface area contributed by atoms with Crippen LogP contribution in [0.5, 0.6) is 0 Å². The number of benzene rings is 1. The van der Waals surface area contributed by atoms with Gasteiger partial charge in [-0.25, -0.2) is 4.39 Å². The predicted octanol–water partition coefficient (Wildman–Crippen LogP) is 3.96. The highest BCUT2D eigenvalue weighted by Gasteiger charge is 2.16. The fourth-order valence-electron chi connectivity index (χ4n) is 1.65. The van der Waals surface area contributed by atoms with Crippen LogP contribution in [0.4, 0.5) is 4.39 Å². The van der Waals surface area contributed by atoms with Gasteiger partial charge in [0, 0.05) is 9.35 Å². The molecule has 1 nitrogen and oxygen atoms in total. The third-order valence-corrected chi connectivity index (χ3v) is 4.31. The zero-order valence-corrected chi connectivity index (χ0v) is 11.1. The molecule has 1 N–H and O–H groups in total. The fraction of sp³-hybridized carbons (Fsp3) is 0.167. The zero-order chi connectivity index (χ0) is 11.5. The molecule has 1 aromatic heterocycles. The van der Waals surface area contributed by atoms with Crippen molar-refractivity contribution in [1.29, 1.82) is 0 Å². The molecule has 0 amide bonds. The smallest absolute Gasteiger partial charge is 0.123 e. The van der Waals surface area contributed by atoms with Crippen molar-refractivity contribution in [3.63, 3.8) is 0 Å². The first-order valence-electron chi connectivity index (χ1n) is 4.88. The normalized spacial score (nSPS) is 12.7. The van der Waals surface area contributed by atoms with Gasteiger partial charge in [-0.1, -0.05) is 12.1 Å². The molecule has 1 aromatic carbocycles. The second kappa shape index (κ2) is 5.08. The number of hydrogen-bond donors (Lipinski definition) is 1. The molecule has 0 fully saturated rings. The maximum absolute atomic E-state index is 13.2. The Kier molecular flexibility index (Phi) is 3.74. The Labute approximate surface area is 106 Å². The van der Waals surface area contributed by atoms with E-state index in [-0.39, 0.29) is 11.9 Å². The van der Waals surface area contributed by atoms with E-state index in [0.717, 1.165) is 14.9 Å². The molecule has 0 radical (unpaired) electrons. The minimum absolute atomic E-state index is 0.0325. The minimum Gasteiger partial charge on any atom is -0.309 e. The molecular weight excluding hydrogens is 289 g/mol. The van der Waals surface area contributed by atoms with Gasteiger partial charge in [0.15, 0.2) is 0 Å². The predicted molar refractivity (Wildman–Crippen MR) is 69.3 cm³/mol. The highest BCUT2D eigenvalue weighted by Crippen LogP contribution is 2.32. The van der Waals surface area contributed by atoms with Crippen molar-refractivity contribution < 1.29 is 4.39 Å². The van der Waals surface area contributed by atoms with E-state index in [4.69, 9.17) is 0 Å². The standard InChI is InChI=1S/C12H11BrFNS/c1-15-11(12-10(13)5-6-16-12)8-3-2-4-9(14)7-8/h2-7,11,15H,1H3. The first-order valence-corrected chi connectivity index (χ1v) is 6.55. The Morgan fingerprint density at radius 2 is 2.19 bits per heavy atom. The Morgan fingerprint density at radius 1 is 1.38 bits per heavy atom. The van der Waals surface area contributed by atoms with Gasteiger partial charge in [0.25, 0.3) is 0 Å². The van der Waals surface area contributed by atoms with Crippen molar-refractivity contribution in [2.45, 2.75) is 6.04 Å². The summed E-state index contributed by atoms with van der Waals surface area (Å²) < 4.78 is 14.2. The van der Waals surface area contributed by atoms with Gasteiger partial charge in [0.1, 0.15) is 5.82 Å². The maximum atomic E-state index is 13.2. The van der Waals surface area contributed by atoms with Crippen LogP contribution in [0.3, 0.4) is 0 Å². The van der Waals surface area contributed by atoms with Crippen LogP contribution in [0.25, 0.3) is 0 Å². The van der Waals surface area contributed by atoms with Gasteiger partial charge < -0.3 is 5.32 Å². The lowest BCUT2D eigenvalue weighted by atomic mass is 10.1. The van der Waals surface area contributed by atoms with Crippen LogP contribution in [0.15, 0.2) is 40.2 Å². The average molecular weight is 300 g/mol. The van der Waals surface area contributed by atoms with Gasteiger partial charge in [0.2, 0.25) is 0 Å². The second-order valence-electron chi connectivity index (χ2n) is 3.41. The molecule has 0 aliphatic rings. The van der Waals surface area contributed by atoms with E-state index >= 15 is 0 Å². The summed E-state index contributed by atoms with van der Waals surface area (Å²) in [5.74, 6) is -0.203. The van der Waals surface area contributed by atoms with Crippen LogP contribution >= 0.6 is 27.3 Å². The van der Waals surface area contributed by atoms with Crippen LogP contribution < -0.4 is 5.32 Å². The summed E-state index contributed by atoms with van der Waals surface area (Å²) in [5, 5.41) is 5.22. The van der Waals surface area contributed by atoms with Crippen LogP contribution in [0.1, 0.15) is 16.5 Å². The van der Waals surface area contributed by atoms with Gasteiger partial charge in [-0.15, -0.1) is 11.3 Å². The Morgan fingerprint density at radius 3 is 2.75 bits per heavy atom. The number of rotatable bonds is 3. The van der Waals surface area contributed by atoms with Gasteiger partial charge in [0.05, 0.1) is 6.04 Å². The van der Waals surface area contributed by atoms with E-state index in [1.165, 1.54) is 6.07 Å². The van der Waals surface area contributed by atoms with E-state index in [0.29, 0.717) is 0 Å². The Hall–Kier alpha value is -0.710. The molecule has 1 heterocycles. The van der Waals surface area contributed by atoms with E-state index in [2.05, 4.69) is 21.2 Å². The number of nitrogens with one attached hydrogen (secondary N) is 1. The van der Waals surface area contributed by atoms with Crippen molar-refractivity contribution in [3.8, 4) is 0 Å². The highest BCUT2D eigenvalue weighted by molar-refractivity contribution is 9.10. The molecule has 0 aliphatic heterocycles. The summed E-state index contributed by atoms with van der Waals surface area (Å²) in [7, 11) is 1.88. The lowest BCUT2D eigenvalue weighted by Crippen LogP contribution is -2.16. The van der Waals surface area contributed by atoms with Gasteiger partial charge in [-0.2, -0.15) is 0 Å². The molecule has 84 valence electrons. The number of halogens is 2. The summed E-state index contributed by atoms with van der Waals surface area (Å²) in [6.45, 7) is 0. The molecule has 4 heteroatoms. The molecular formula is C12H11BrFNS. The lowest BCUT2D eigenvalue weighted by molar-refractivity contribution is 0.618. The molecule has 0 aliphatic carbocycles. The minimum atomic E-state index is -0.203. The van der Waals surface area contributed by atoms with Crippen molar-refractivity contribution in [1.82, 2.24) is 5.32 Å². The van der Waals surface area contributed by atoms with Crippen molar-refractivity contribution in [3.05, 3.63) is 56.4 Å². The van der Waals surface area contributed by atoms with E-state index in [1.54, 1.807) is 23.5 Å². The monoisotopic (exact) mass is 299 g/mol. The van der Waals surface area contributed by atoms with Gasteiger partial charge in [-0.3, -0.25) is 0 Å². The van der Waals surface area contributed by atoms with Crippen LogP contribution in [0, 0.1) is 5.82 Å². The topological polar surface area (TPSA) is 12.0 Å². The molecule has 16 heavy (non-hydrogen) atoms. The third kappa shape index (κ3) is 2.34. The molecule has 1 atom stereocenters. The Bertz CT molecular complexity index is 483. The summed E-state index contributed by atoms with van der Waals surface area (Å²) in [6.07, 6.45) is 0. The van der Waals surface area contributed by atoms with Gasteiger partial charge in [-0.05, 0) is 52.1 Å². The van der Waals surface area contributed by atoms with Crippen molar-refractivity contribution >= 4 is 27.3 Å². The van der Waals surface area contributed by atoms with E-state index in [1.807, 2.05) is 24.6 Å². The lowest BCUT2D eigenvalue weighted by Gasteiger charge is -2.15. The molecule has 0 bridgehead atoms. The molecule has 0 saturated heterocycles. The maximum Gasteiger partial charge on any atom is 0.123 e.